The van der Waals surface area contributed by atoms with Crippen LogP contribution >= 0.6 is 11.8 Å². The number of hydrogen-bond donors (Lipinski definition) is 2. The van der Waals surface area contributed by atoms with Crippen LogP contribution in [-0.4, -0.2) is 31.4 Å². The minimum atomic E-state index is -4.64. The van der Waals surface area contributed by atoms with Crippen LogP contribution in [0, 0.1) is 0 Å². The van der Waals surface area contributed by atoms with E-state index in [0.29, 0.717) is 10.6 Å². The van der Waals surface area contributed by atoms with Gasteiger partial charge in [-0.1, -0.05) is 18.2 Å². The van der Waals surface area contributed by atoms with Crippen molar-refractivity contribution < 1.29 is 36.0 Å². The smallest absolute Gasteiger partial charge is 0.322 e. The topological polar surface area (TPSA) is 127 Å². The van der Waals surface area contributed by atoms with Crippen LogP contribution in [-0.2, 0) is 25.8 Å². The summed E-state index contributed by atoms with van der Waals surface area (Å²) < 4.78 is 62.1. The zero-order chi connectivity index (χ0) is 27.0. The second-order valence-electron chi connectivity index (χ2n) is 7.95. The van der Waals surface area contributed by atoms with Gasteiger partial charge in [-0.25, -0.2) is 18.5 Å². The Balaban J connectivity index is 1.53. The number of sulfonamides is 1. The fraction of sp³-hybridized carbons (Fsp3) is 0.125. The maximum Gasteiger partial charge on any atom is 0.416 e. The highest BCUT2D eigenvalue weighted by Gasteiger charge is 2.41. The van der Waals surface area contributed by atoms with Gasteiger partial charge >= 0.3 is 6.18 Å². The van der Waals surface area contributed by atoms with Crippen molar-refractivity contribution in [2.24, 2.45) is 5.14 Å². The van der Waals surface area contributed by atoms with Crippen molar-refractivity contribution in [2.75, 3.05) is 10.2 Å². The van der Waals surface area contributed by atoms with Crippen molar-refractivity contribution >= 4 is 50.9 Å². The summed E-state index contributed by atoms with van der Waals surface area (Å²) in [7, 11) is -3.90. The predicted octanol–water partition coefficient (Wildman–Crippen LogP) is 4.03. The lowest BCUT2D eigenvalue weighted by Crippen LogP contribution is -2.31. The minimum absolute atomic E-state index is 0.129. The summed E-state index contributed by atoms with van der Waals surface area (Å²) in [6, 6.07) is 15.5. The number of rotatable bonds is 6. The van der Waals surface area contributed by atoms with Gasteiger partial charge in [-0.2, -0.15) is 13.2 Å². The summed E-state index contributed by atoms with van der Waals surface area (Å²) in [4.78, 5) is 39.5. The third kappa shape index (κ3) is 5.84. The van der Waals surface area contributed by atoms with Crippen LogP contribution in [0.15, 0.2) is 82.6 Å². The quantitative estimate of drug-likeness (QED) is 0.447. The lowest BCUT2D eigenvalue weighted by molar-refractivity contribution is -0.137. The van der Waals surface area contributed by atoms with Gasteiger partial charge in [0.05, 0.1) is 27.0 Å². The largest absolute Gasteiger partial charge is 0.416 e. The van der Waals surface area contributed by atoms with E-state index in [0.717, 1.165) is 34.9 Å². The zero-order valence-electron chi connectivity index (χ0n) is 18.7. The predicted molar refractivity (Wildman–Crippen MR) is 130 cm³/mol. The van der Waals surface area contributed by atoms with Crippen LogP contribution in [0.25, 0.3) is 0 Å². The van der Waals surface area contributed by atoms with Crippen molar-refractivity contribution in [1.82, 2.24) is 0 Å². The van der Waals surface area contributed by atoms with E-state index in [1.54, 1.807) is 18.2 Å². The van der Waals surface area contributed by atoms with Crippen LogP contribution in [0.1, 0.15) is 22.3 Å². The van der Waals surface area contributed by atoms with E-state index >= 15 is 0 Å². The molecule has 1 heterocycles. The molecular weight excluding hydrogens is 531 g/mol. The Hall–Kier alpha value is -3.68. The molecule has 1 atom stereocenters. The molecule has 0 bridgehead atoms. The molecule has 3 N–H and O–H groups in total. The normalized spacial score (nSPS) is 16.2. The van der Waals surface area contributed by atoms with Gasteiger partial charge in [-0.3, -0.25) is 14.4 Å². The number of nitrogens with zero attached hydrogens (tertiary/aromatic N) is 1. The average molecular weight is 550 g/mol. The summed E-state index contributed by atoms with van der Waals surface area (Å²) in [6.45, 7) is 0. The lowest BCUT2D eigenvalue weighted by atomic mass is 10.2. The van der Waals surface area contributed by atoms with Crippen molar-refractivity contribution in [3.8, 4) is 0 Å². The van der Waals surface area contributed by atoms with Crippen molar-refractivity contribution in [3.63, 3.8) is 0 Å². The highest BCUT2D eigenvalue weighted by atomic mass is 32.2. The van der Waals surface area contributed by atoms with E-state index in [4.69, 9.17) is 5.14 Å². The number of amides is 3. The zero-order valence-corrected chi connectivity index (χ0v) is 20.4. The molecule has 0 aromatic heterocycles. The molecule has 0 aliphatic carbocycles. The molecule has 1 fully saturated rings. The number of halogens is 3. The molecule has 0 radical (unpaired) electrons. The number of nitrogens with two attached hydrogens (primary N) is 1. The van der Waals surface area contributed by atoms with Crippen molar-refractivity contribution in [2.45, 2.75) is 27.6 Å². The molecule has 13 heteroatoms. The second kappa shape index (κ2) is 10.00. The standard InChI is InChI=1S/C24H18F3N3O5S2/c25-24(26,27)14-4-3-5-16(12-14)30-21(31)13-20(23(30)33)36-19-7-2-1-6-18(19)22(32)29-15-8-10-17(11-9-15)37(28,34)35/h1-12,20H,13H2,(H,29,32)(H2,28,34,35). The van der Waals surface area contributed by atoms with Crippen LogP contribution in [0.2, 0.25) is 0 Å². The molecule has 37 heavy (non-hydrogen) atoms. The summed E-state index contributed by atoms with van der Waals surface area (Å²) >= 11 is 0.952. The summed E-state index contributed by atoms with van der Waals surface area (Å²) in [5, 5.41) is 6.73. The van der Waals surface area contributed by atoms with E-state index in [1.165, 1.54) is 36.4 Å². The Bertz CT molecular complexity index is 1490. The number of nitrogens with one attached hydrogen (secondary N) is 1. The minimum Gasteiger partial charge on any atom is -0.322 e. The molecule has 1 aliphatic rings. The first-order valence-electron chi connectivity index (χ1n) is 10.6. The molecule has 4 rings (SSSR count). The van der Waals surface area contributed by atoms with Crippen LogP contribution < -0.4 is 15.4 Å². The summed E-state index contributed by atoms with van der Waals surface area (Å²) in [5.41, 5.74) is -0.691. The molecule has 0 saturated carbocycles. The SMILES string of the molecule is NS(=O)(=O)c1ccc(NC(=O)c2ccccc2SC2CC(=O)N(c3cccc(C(F)(F)F)c3)C2=O)cc1. The van der Waals surface area contributed by atoms with E-state index in [-0.39, 0.29) is 22.6 Å². The molecule has 3 aromatic carbocycles. The third-order valence-corrected chi connectivity index (χ3v) is 7.57. The van der Waals surface area contributed by atoms with Crippen LogP contribution in [0.4, 0.5) is 24.5 Å². The Morgan fingerprint density at radius 3 is 2.32 bits per heavy atom. The molecule has 1 saturated heterocycles. The Morgan fingerprint density at radius 2 is 1.68 bits per heavy atom. The Labute approximate surface area is 213 Å². The van der Waals surface area contributed by atoms with Gasteiger partial charge < -0.3 is 5.32 Å². The number of imide groups is 1. The first kappa shape index (κ1) is 26.4. The van der Waals surface area contributed by atoms with E-state index in [9.17, 15) is 36.0 Å². The third-order valence-electron chi connectivity index (χ3n) is 5.38. The number of carbonyl (C=O) groups is 3. The fourth-order valence-corrected chi connectivity index (χ4v) is 5.32. The Morgan fingerprint density at radius 1 is 1.00 bits per heavy atom. The maximum atomic E-state index is 13.1. The monoisotopic (exact) mass is 549 g/mol. The molecule has 192 valence electrons. The number of primary sulfonamides is 1. The van der Waals surface area contributed by atoms with E-state index in [1.807, 2.05) is 0 Å². The molecule has 1 aliphatic heterocycles. The molecular formula is C24H18F3N3O5S2. The van der Waals surface area contributed by atoms with Gasteiger partial charge in [0, 0.05) is 17.0 Å². The second-order valence-corrected chi connectivity index (χ2v) is 10.8. The average Bonchev–Trinajstić information content (AvgIpc) is 3.11. The summed E-state index contributed by atoms with van der Waals surface area (Å²) in [6.07, 6.45) is -4.90. The van der Waals surface area contributed by atoms with Gasteiger partial charge in [0.15, 0.2) is 0 Å². The van der Waals surface area contributed by atoms with Crippen molar-refractivity contribution in [1.29, 1.82) is 0 Å². The number of alkyl halides is 3. The number of benzene rings is 3. The first-order valence-corrected chi connectivity index (χ1v) is 13.0. The molecule has 3 amide bonds. The molecule has 1 unspecified atom stereocenters. The lowest BCUT2D eigenvalue weighted by Gasteiger charge is -2.17. The number of anilines is 2. The Kier molecular flexibility index (Phi) is 7.13. The molecule has 3 aromatic rings. The van der Waals surface area contributed by atoms with Gasteiger partial charge in [0.25, 0.3) is 5.91 Å². The van der Waals surface area contributed by atoms with Gasteiger partial charge in [0.1, 0.15) is 0 Å². The highest BCUT2D eigenvalue weighted by molar-refractivity contribution is 8.00. The van der Waals surface area contributed by atoms with Crippen LogP contribution in [0.3, 0.4) is 0 Å². The molecule has 0 spiro atoms. The fourth-order valence-electron chi connectivity index (χ4n) is 3.63. The van der Waals surface area contributed by atoms with Crippen molar-refractivity contribution in [3.05, 3.63) is 83.9 Å². The molecule has 8 nitrogen and oxygen atoms in total. The van der Waals surface area contributed by atoms with E-state index < -0.39 is 44.7 Å². The van der Waals surface area contributed by atoms with Gasteiger partial charge in [-0.15, -0.1) is 11.8 Å². The van der Waals surface area contributed by atoms with Gasteiger partial charge in [0.2, 0.25) is 21.8 Å². The first-order chi connectivity index (χ1) is 17.3. The number of thioether (sulfide) groups is 1. The van der Waals surface area contributed by atoms with Crippen LogP contribution in [0.5, 0.6) is 0 Å². The maximum absolute atomic E-state index is 13.1. The number of carbonyl (C=O) groups excluding carboxylic acids is 3. The highest BCUT2D eigenvalue weighted by Crippen LogP contribution is 2.37. The summed E-state index contributed by atoms with van der Waals surface area (Å²) in [5.74, 6) is -1.90. The van der Waals surface area contributed by atoms with E-state index in [2.05, 4.69) is 5.32 Å². The number of hydrogen-bond acceptors (Lipinski definition) is 6. The van der Waals surface area contributed by atoms with Gasteiger partial charge in [-0.05, 0) is 54.6 Å².